The number of aryl methyl sites for hydroxylation is 1. The van der Waals surface area contributed by atoms with Crippen LogP contribution in [0.2, 0.25) is 0 Å². The van der Waals surface area contributed by atoms with Crippen LogP contribution in [0.15, 0.2) is 95.3 Å². The smallest absolute Gasteiger partial charge is 0.250 e. The van der Waals surface area contributed by atoms with Crippen molar-refractivity contribution in [2.24, 2.45) is 5.10 Å². The molecule has 168 valence electrons. The first-order valence-corrected chi connectivity index (χ1v) is 11.8. The van der Waals surface area contributed by atoms with Crippen LogP contribution in [-0.2, 0) is 4.79 Å². The Morgan fingerprint density at radius 1 is 1.03 bits per heavy atom. The molecular formula is C26H22N6OS. The number of thioether (sulfide) groups is 1. The summed E-state index contributed by atoms with van der Waals surface area (Å²) in [5.74, 6) is 0.662. The van der Waals surface area contributed by atoms with Crippen molar-refractivity contribution in [3.63, 3.8) is 0 Å². The van der Waals surface area contributed by atoms with Gasteiger partial charge in [0, 0.05) is 33.9 Å². The number of hydrogen-bond acceptors (Lipinski definition) is 5. The third-order valence-electron chi connectivity index (χ3n) is 5.30. The molecule has 0 radical (unpaired) electrons. The summed E-state index contributed by atoms with van der Waals surface area (Å²) in [4.78, 5) is 15.7. The number of carbonyl (C=O) groups excluding carboxylic acids is 1. The minimum absolute atomic E-state index is 0.157. The van der Waals surface area contributed by atoms with E-state index in [0.29, 0.717) is 5.16 Å². The molecule has 0 atom stereocenters. The molecule has 8 heteroatoms. The molecule has 0 spiro atoms. The first-order valence-electron chi connectivity index (χ1n) is 10.8. The highest BCUT2D eigenvalue weighted by Crippen LogP contribution is 2.28. The minimum atomic E-state index is -0.221. The van der Waals surface area contributed by atoms with Crippen LogP contribution < -0.4 is 5.43 Å². The summed E-state index contributed by atoms with van der Waals surface area (Å²) >= 11 is 1.32. The van der Waals surface area contributed by atoms with Gasteiger partial charge >= 0.3 is 0 Å². The Morgan fingerprint density at radius 3 is 2.62 bits per heavy atom. The number of para-hydroxylation sites is 1. The zero-order valence-electron chi connectivity index (χ0n) is 18.5. The molecule has 0 fully saturated rings. The number of fused-ring (bicyclic) bond motifs is 1. The molecule has 0 aliphatic carbocycles. The van der Waals surface area contributed by atoms with Gasteiger partial charge < -0.3 is 4.98 Å². The monoisotopic (exact) mass is 466 g/mol. The lowest BCUT2D eigenvalue weighted by atomic mass is 10.2. The van der Waals surface area contributed by atoms with Gasteiger partial charge in [-0.1, -0.05) is 78.0 Å². The Kier molecular flexibility index (Phi) is 6.22. The highest BCUT2D eigenvalue weighted by atomic mass is 32.2. The fourth-order valence-corrected chi connectivity index (χ4v) is 4.35. The third-order valence-corrected chi connectivity index (χ3v) is 6.23. The van der Waals surface area contributed by atoms with E-state index in [0.717, 1.165) is 33.5 Å². The average molecular weight is 467 g/mol. The number of rotatable bonds is 7. The third kappa shape index (κ3) is 4.62. The Morgan fingerprint density at radius 2 is 1.79 bits per heavy atom. The standard InChI is InChI=1S/C26H22N6OS/c1-18-11-13-21(14-12-18)32-25(19-7-3-2-4-8-19)30-31-26(32)34-17-24(33)29-28-16-20-15-27-23-10-6-5-9-22(20)23/h2-16,27H,17H2,1H3,(H,29,33). The van der Waals surface area contributed by atoms with E-state index in [1.165, 1.54) is 17.3 Å². The molecule has 2 aromatic heterocycles. The number of nitrogens with one attached hydrogen (secondary N) is 2. The summed E-state index contributed by atoms with van der Waals surface area (Å²) < 4.78 is 1.97. The van der Waals surface area contributed by atoms with Gasteiger partial charge in [0.2, 0.25) is 0 Å². The van der Waals surface area contributed by atoms with Gasteiger partial charge in [-0.15, -0.1) is 10.2 Å². The van der Waals surface area contributed by atoms with Crippen LogP contribution in [-0.4, -0.2) is 37.6 Å². The summed E-state index contributed by atoms with van der Waals surface area (Å²) in [7, 11) is 0. The zero-order chi connectivity index (χ0) is 23.3. The van der Waals surface area contributed by atoms with Crippen molar-refractivity contribution in [1.29, 1.82) is 0 Å². The molecule has 0 aliphatic rings. The van der Waals surface area contributed by atoms with E-state index in [2.05, 4.69) is 25.7 Å². The number of hydrogen-bond donors (Lipinski definition) is 2. The number of H-pyrrole nitrogens is 1. The van der Waals surface area contributed by atoms with Gasteiger partial charge in [-0.3, -0.25) is 9.36 Å². The molecule has 5 rings (SSSR count). The van der Waals surface area contributed by atoms with Crippen molar-refractivity contribution in [2.45, 2.75) is 12.1 Å². The lowest BCUT2D eigenvalue weighted by molar-refractivity contribution is -0.118. The van der Waals surface area contributed by atoms with Crippen molar-refractivity contribution >= 4 is 34.8 Å². The van der Waals surface area contributed by atoms with Gasteiger partial charge in [-0.2, -0.15) is 5.10 Å². The molecule has 0 bridgehead atoms. The quantitative estimate of drug-likeness (QED) is 0.201. The minimum Gasteiger partial charge on any atom is -0.361 e. The predicted molar refractivity (Wildman–Crippen MR) is 136 cm³/mol. The molecule has 0 saturated carbocycles. The number of benzene rings is 3. The molecule has 2 heterocycles. The highest BCUT2D eigenvalue weighted by Gasteiger charge is 2.17. The van der Waals surface area contributed by atoms with E-state index in [1.807, 2.05) is 96.6 Å². The Balaban J connectivity index is 1.31. The summed E-state index contributed by atoms with van der Waals surface area (Å²) in [5.41, 5.74) is 7.60. The maximum atomic E-state index is 12.5. The first kappa shape index (κ1) is 21.7. The van der Waals surface area contributed by atoms with E-state index >= 15 is 0 Å². The molecule has 0 saturated heterocycles. The zero-order valence-corrected chi connectivity index (χ0v) is 19.3. The Labute approximate surface area is 200 Å². The van der Waals surface area contributed by atoms with Crippen molar-refractivity contribution < 1.29 is 4.79 Å². The van der Waals surface area contributed by atoms with Crippen LogP contribution in [0.1, 0.15) is 11.1 Å². The van der Waals surface area contributed by atoms with Gasteiger partial charge in [-0.05, 0) is 25.1 Å². The normalized spacial score (nSPS) is 11.3. The van der Waals surface area contributed by atoms with E-state index in [9.17, 15) is 4.79 Å². The fraction of sp³-hybridized carbons (Fsp3) is 0.0769. The van der Waals surface area contributed by atoms with Gasteiger partial charge in [0.1, 0.15) is 0 Å². The second-order valence-corrected chi connectivity index (χ2v) is 8.66. The van der Waals surface area contributed by atoms with Crippen LogP contribution in [0.3, 0.4) is 0 Å². The van der Waals surface area contributed by atoms with Gasteiger partial charge in [0.15, 0.2) is 11.0 Å². The largest absolute Gasteiger partial charge is 0.361 e. The molecule has 2 N–H and O–H groups in total. The van der Waals surface area contributed by atoms with Gasteiger partial charge in [-0.25, -0.2) is 5.43 Å². The predicted octanol–water partition coefficient (Wildman–Crippen LogP) is 4.97. The van der Waals surface area contributed by atoms with E-state index in [1.54, 1.807) is 6.21 Å². The number of aromatic nitrogens is 4. The molecular weight excluding hydrogens is 444 g/mol. The van der Waals surface area contributed by atoms with Crippen LogP contribution in [0.5, 0.6) is 0 Å². The van der Waals surface area contributed by atoms with Gasteiger partial charge in [0.05, 0.1) is 12.0 Å². The molecule has 0 unspecified atom stereocenters. The van der Waals surface area contributed by atoms with Crippen LogP contribution in [0.4, 0.5) is 0 Å². The summed E-state index contributed by atoms with van der Waals surface area (Å²) in [6.45, 7) is 2.05. The SMILES string of the molecule is Cc1ccc(-n2c(SCC(=O)NN=Cc3c[nH]c4ccccc34)nnc2-c2ccccc2)cc1. The molecule has 34 heavy (non-hydrogen) atoms. The maximum Gasteiger partial charge on any atom is 0.250 e. The van der Waals surface area contributed by atoms with Gasteiger partial charge in [0.25, 0.3) is 5.91 Å². The number of carbonyl (C=O) groups is 1. The van der Waals surface area contributed by atoms with Crippen LogP contribution >= 0.6 is 11.8 Å². The number of aromatic amines is 1. The Bertz CT molecular complexity index is 1450. The van der Waals surface area contributed by atoms with E-state index < -0.39 is 0 Å². The Hall–Kier alpha value is -4.17. The highest BCUT2D eigenvalue weighted by molar-refractivity contribution is 7.99. The lowest BCUT2D eigenvalue weighted by Gasteiger charge is -2.10. The molecule has 3 aromatic carbocycles. The van der Waals surface area contributed by atoms with Crippen molar-refractivity contribution in [3.05, 3.63) is 96.2 Å². The second kappa shape index (κ2) is 9.76. The lowest BCUT2D eigenvalue weighted by Crippen LogP contribution is -2.20. The molecule has 5 aromatic rings. The van der Waals surface area contributed by atoms with Crippen LogP contribution in [0, 0.1) is 6.92 Å². The number of nitrogens with zero attached hydrogens (tertiary/aromatic N) is 4. The average Bonchev–Trinajstić information content (AvgIpc) is 3.48. The van der Waals surface area contributed by atoms with Crippen molar-refractivity contribution in [3.8, 4) is 17.1 Å². The van der Waals surface area contributed by atoms with Crippen molar-refractivity contribution in [1.82, 2.24) is 25.2 Å². The van der Waals surface area contributed by atoms with Crippen molar-refractivity contribution in [2.75, 3.05) is 5.75 Å². The second-order valence-electron chi connectivity index (χ2n) is 7.71. The van der Waals surface area contributed by atoms with E-state index in [4.69, 9.17) is 0 Å². The van der Waals surface area contributed by atoms with Crippen LogP contribution in [0.25, 0.3) is 28.0 Å². The number of hydrazone groups is 1. The first-order chi connectivity index (χ1) is 16.7. The molecule has 7 nitrogen and oxygen atoms in total. The maximum absolute atomic E-state index is 12.5. The molecule has 0 aliphatic heterocycles. The summed E-state index contributed by atoms with van der Waals surface area (Å²) in [6.07, 6.45) is 3.51. The fourth-order valence-electron chi connectivity index (χ4n) is 3.60. The summed E-state index contributed by atoms with van der Waals surface area (Å²) in [5, 5.41) is 14.6. The topological polar surface area (TPSA) is 88.0 Å². The van der Waals surface area contributed by atoms with E-state index in [-0.39, 0.29) is 11.7 Å². The molecule has 1 amide bonds. The summed E-state index contributed by atoms with van der Waals surface area (Å²) in [6, 6.07) is 26.0. The number of amides is 1.